The minimum absolute atomic E-state index is 0.0572. The van der Waals surface area contributed by atoms with Gasteiger partial charge in [0.05, 0.1) is 15.6 Å². The van der Waals surface area contributed by atoms with Crippen molar-refractivity contribution < 1.29 is 14.7 Å². The molecule has 1 aromatic heterocycles. The summed E-state index contributed by atoms with van der Waals surface area (Å²) in [6.45, 7) is 1.76. The van der Waals surface area contributed by atoms with E-state index in [1.54, 1.807) is 19.1 Å². The summed E-state index contributed by atoms with van der Waals surface area (Å²) in [5.41, 5.74) is 0.508. The van der Waals surface area contributed by atoms with Crippen molar-refractivity contribution in [2.45, 2.75) is 6.92 Å². The van der Waals surface area contributed by atoms with Crippen LogP contribution >= 0.6 is 34.5 Å². The smallest absolute Gasteiger partial charge is 0.338 e. The van der Waals surface area contributed by atoms with Gasteiger partial charge >= 0.3 is 12.0 Å². The molecule has 0 unspecified atom stereocenters. The van der Waals surface area contributed by atoms with Gasteiger partial charge in [-0.1, -0.05) is 23.2 Å². The third kappa shape index (κ3) is 3.87. The molecule has 0 saturated carbocycles. The second-order valence-corrected chi connectivity index (χ2v) is 6.18. The zero-order valence-electron chi connectivity index (χ0n) is 10.7. The largest absolute Gasteiger partial charge is 0.478 e. The lowest BCUT2D eigenvalue weighted by atomic mass is 10.3. The highest BCUT2D eigenvalue weighted by molar-refractivity contribution is 7.16. The molecule has 0 aliphatic rings. The number of rotatable bonds is 3. The lowest BCUT2D eigenvalue weighted by molar-refractivity contribution is 0.0698. The molecule has 0 radical (unpaired) electrons. The highest BCUT2D eigenvalue weighted by Crippen LogP contribution is 2.28. The van der Waals surface area contributed by atoms with Gasteiger partial charge in [-0.2, -0.15) is 0 Å². The number of carbonyl (C=O) groups excluding carboxylic acids is 1. The van der Waals surface area contributed by atoms with Crippen molar-refractivity contribution in [3.63, 3.8) is 0 Å². The standard InChI is InChI=1S/C13H10Cl2N2O3S/c1-6-4-8(12(18)19)11(21-6)17-13(20)16-7-2-3-9(14)10(15)5-7/h2-5H,1H3,(H,18,19)(H2,16,17,20). The molecule has 0 fully saturated rings. The summed E-state index contributed by atoms with van der Waals surface area (Å²) in [6.07, 6.45) is 0. The maximum atomic E-state index is 11.9. The molecule has 0 atom stereocenters. The Labute approximate surface area is 134 Å². The first-order valence-corrected chi connectivity index (χ1v) is 7.31. The van der Waals surface area contributed by atoms with Gasteiger partial charge in [0, 0.05) is 10.6 Å². The minimum Gasteiger partial charge on any atom is -0.478 e. The molecule has 2 amide bonds. The number of amides is 2. The van der Waals surface area contributed by atoms with Crippen LogP contribution in [0.15, 0.2) is 24.3 Å². The van der Waals surface area contributed by atoms with Crippen molar-refractivity contribution >= 4 is 57.2 Å². The predicted molar refractivity (Wildman–Crippen MR) is 85.1 cm³/mol. The van der Waals surface area contributed by atoms with Crippen LogP contribution in [0.4, 0.5) is 15.5 Å². The number of thiophene rings is 1. The van der Waals surface area contributed by atoms with E-state index in [1.165, 1.54) is 23.5 Å². The number of aryl methyl sites for hydroxylation is 1. The fraction of sp³-hybridized carbons (Fsp3) is 0.0769. The Morgan fingerprint density at radius 1 is 1.14 bits per heavy atom. The van der Waals surface area contributed by atoms with Crippen LogP contribution < -0.4 is 10.6 Å². The summed E-state index contributed by atoms with van der Waals surface area (Å²) < 4.78 is 0. The Kier molecular flexibility index (Phi) is 4.72. The molecule has 0 bridgehead atoms. The van der Waals surface area contributed by atoms with Crippen LogP contribution in [-0.4, -0.2) is 17.1 Å². The number of carboxylic acids is 1. The summed E-state index contributed by atoms with van der Waals surface area (Å²) in [7, 11) is 0. The average molecular weight is 345 g/mol. The number of hydrogen-bond donors (Lipinski definition) is 3. The normalized spacial score (nSPS) is 10.2. The molecule has 1 heterocycles. The Morgan fingerprint density at radius 2 is 1.86 bits per heavy atom. The molecule has 21 heavy (non-hydrogen) atoms. The first-order chi connectivity index (χ1) is 9.86. The lowest BCUT2D eigenvalue weighted by Gasteiger charge is -2.07. The molecule has 0 aliphatic carbocycles. The van der Waals surface area contributed by atoms with E-state index in [1.807, 2.05) is 0 Å². The van der Waals surface area contributed by atoms with E-state index in [9.17, 15) is 9.59 Å². The van der Waals surface area contributed by atoms with Gasteiger partial charge in [0.15, 0.2) is 0 Å². The second kappa shape index (κ2) is 6.34. The molecular weight excluding hydrogens is 335 g/mol. The minimum atomic E-state index is -1.09. The van der Waals surface area contributed by atoms with Crippen LogP contribution in [0.2, 0.25) is 10.0 Å². The predicted octanol–water partition coefficient (Wildman–Crippen LogP) is 4.71. The van der Waals surface area contributed by atoms with Crippen LogP contribution in [0, 0.1) is 6.92 Å². The summed E-state index contributed by atoms with van der Waals surface area (Å²) in [4.78, 5) is 23.7. The van der Waals surface area contributed by atoms with Crippen molar-refractivity contribution in [1.29, 1.82) is 0 Å². The van der Waals surface area contributed by atoms with Crippen LogP contribution in [-0.2, 0) is 0 Å². The number of carboxylic acid groups (broad SMARTS) is 1. The van der Waals surface area contributed by atoms with Gasteiger partial charge in [0.1, 0.15) is 5.00 Å². The molecule has 1 aromatic carbocycles. The number of urea groups is 1. The van der Waals surface area contributed by atoms with Gasteiger partial charge in [0.2, 0.25) is 0 Å². The summed E-state index contributed by atoms with van der Waals surface area (Å²) in [6, 6.07) is 5.59. The van der Waals surface area contributed by atoms with Gasteiger partial charge in [-0.05, 0) is 31.2 Å². The number of benzene rings is 1. The Hall–Kier alpha value is -1.76. The van der Waals surface area contributed by atoms with E-state index in [0.29, 0.717) is 15.7 Å². The third-order valence-corrected chi connectivity index (χ3v) is 4.20. The highest BCUT2D eigenvalue weighted by atomic mass is 35.5. The van der Waals surface area contributed by atoms with E-state index >= 15 is 0 Å². The average Bonchev–Trinajstić information content (AvgIpc) is 2.75. The van der Waals surface area contributed by atoms with E-state index in [4.69, 9.17) is 28.3 Å². The number of carbonyl (C=O) groups is 2. The fourth-order valence-corrected chi connectivity index (χ4v) is 2.80. The number of nitrogens with one attached hydrogen (secondary N) is 2. The van der Waals surface area contributed by atoms with E-state index < -0.39 is 12.0 Å². The first kappa shape index (κ1) is 15.6. The van der Waals surface area contributed by atoms with Gasteiger partial charge in [0.25, 0.3) is 0 Å². The molecule has 2 aromatic rings. The van der Waals surface area contributed by atoms with Crippen molar-refractivity contribution in [3.05, 3.63) is 44.8 Å². The molecule has 3 N–H and O–H groups in total. The van der Waals surface area contributed by atoms with Gasteiger partial charge < -0.3 is 10.4 Å². The zero-order valence-corrected chi connectivity index (χ0v) is 13.1. The molecule has 0 saturated heterocycles. The van der Waals surface area contributed by atoms with Crippen molar-refractivity contribution in [2.24, 2.45) is 0 Å². The third-order valence-electron chi connectivity index (χ3n) is 2.49. The number of aromatic carboxylic acids is 1. The number of halogens is 2. The lowest BCUT2D eigenvalue weighted by Crippen LogP contribution is -2.20. The second-order valence-electron chi connectivity index (χ2n) is 4.11. The summed E-state index contributed by atoms with van der Waals surface area (Å²) in [5, 5.41) is 15.1. The zero-order chi connectivity index (χ0) is 15.6. The first-order valence-electron chi connectivity index (χ1n) is 5.73. The van der Waals surface area contributed by atoms with Crippen LogP contribution in [0.25, 0.3) is 0 Å². The number of anilines is 2. The molecule has 110 valence electrons. The topological polar surface area (TPSA) is 78.4 Å². The molecule has 0 aliphatic heterocycles. The Morgan fingerprint density at radius 3 is 2.48 bits per heavy atom. The molecule has 2 rings (SSSR count). The van der Waals surface area contributed by atoms with E-state index in [-0.39, 0.29) is 10.6 Å². The summed E-state index contributed by atoms with van der Waals surface area (Å²) in [5.74, 6) is -1.09. The van der Waals surface area contributed by atoms with Crippen molar-refractivity contribution in [1.82, 2.24) is 0 Å². The van der Waals surface area contributed by atoms with Crippen LogP contribution in [0.1, 0.15) is 15.2 Å². The Bertz CT molecular complexity index is 715. The van der Waals surface area contributed by atoms with E-state index in [0.717, 1.165) is 4.88 Å². The molecule has 0 spiro atoms. The fourth-order valence-electron chi connectivity index (χ4n) is 1.61. The van der Waals surface area contributed by atoms with Gasteiger partial charge in [-0.25, -0.2) is 9.59 Å². The number of hydrogen-bond acceptors (Lipinski definition) is 3. The Balaban J connectivity index is 2.11. The van der Waals surface area contributed by atoms with Crippen molar-refractivity contribution in [3.8, 4) is 0 Å². The summed E-state index contributed by atoms with van der Waals surface area (Å²) >= 11 is 12.8. The van der Waals surface area contributed by atoms with Crippen LogP contribution in [0.3, 0.4) is 0 Å². The maximum absolute atomic E-state index is 11.9. The van der Waals surface area contributed by atoms with Gasteiger partial charge in [-0.15, -0.1) is 11.3 Å². The molecule has 8 heteroatoms. The van der Waals surface area contributed by atoms with E-state index in [2.05, 4.69) is 10.6 Å². The van der Waals surface area contributed by atoms with Crippen molar-refractivity contribution in [2.75, 3.05) is 10.6 Å². The molecular formula is C13H10Cl2N2O3S. The van der Waals surface area contributed by atoms with Crippen LogP contribution in [0.5, 0.6) is 0 Å². The highest BCUT2D eigenvalue weighted by Gasteiger charge is 2.16. The quantitative estimate of drug-likeness (QED) is 0.754. The van der Waals surface area contributed by atoms with Gasteiger partial charge in [-0.3, -0.25) is 5.32 Å². The molecule has 5 nitrogen and oxygen atoms in total. The monoisotopic (exact) mass is 344 g/mol. The maximum Gasteiger partial charge on any atom is 0.338 e. The SMILES string of the molecule is Cc1cc(C(=O)O)c(NC(=O)Nc2ccc(Cl)c(Cl)c2)s1.